The quantitative estimate of drug-likeness (QED) is 0.614. The van der Waals surface area contributed by atoms with E-state index in [1.165, 1.54) is 6.26 Å². The highest BCUT2D eigenvalue weighted by Gasteiger charge is 2.17. The number of benzene rings is 2. The van der Waals surface area contributed by atoms with Gasteiger partial charge in [-0.1, -0.05) is 24.3 Å². The van der Waals surface area contributed by atoms with E-state index in [1.807, 2.05) is 6.07 Å². The summed E-state index contributed by atoms with van der Waals surface area (Å²) in [5.74, 6) is -0.912. The number of hydrogen-bond acceptors (Lipinski definition) is 4. The molecule has 0 spiro atoms. The standard InChI is InChI=1S/C21H19N3O4/c1-14(22-20(26)15-7-3-2-4-8-15)19(25)23-16-9-5-10-17(13-16)24-21(27)18-11-6-12-28-18/h2-14H,1H3,(H,22,26)(H,23,25)(H,24,27). The van der Waals surface area contributed by atoms with Gasteiger partial charge in [-0.2, -0.15) is 0 Å². The molecule has 142 valence electrons. The zero-order valence-electron chi connectivity index (χ0n) is 15.1. The Morgan fingerprint density at radius 3 is 2.21 bits per heavy atom. The van der Waals surface area contributed by atoms with Gasteiger partial charge in [0.25, 0.3) is 11.8 Å². The lowest BCUT2D eigenvalue weighted by molar-refractivity contribution is -0.117. The summed E-state index contributed by atoms with van der Waals surface area (Å²) in [5.41, 5.74) is 1.47. The summed E-state index contributed by atoms with van der Waals surface area (Å²) in [6, 6.07) is 17.8. The molecule has 1 heterocycles. The van der Waals surface area contributed by atoms with E-state index in [4.69, 9.17) is 4.42 Å². The maximum absolute atomic E-state index is 12.4. The molecule has 2 aromatic carbocycles. The molecule has 0 saturated carbocycles. The molecule has 3 aromatic rings. The smallest absolute Gasteiger partial charge is 0.291 e. The van der Waals surface area contributed by atoms with E-state index in [1.54, 1.807) is 67.6 Å². The van der Waals surface area contributed by atoms with Crippen molar-refractivity contribution in [1.82, 2.24) is 5.32 Å². The Balaban J connectivity index is 1.59. The molecule has 3 N–H and O–H groups in total. The van der Waals surface area contributed by atoms with Crippen molar-refractivity contribution in [3.63, 3.8) is 0 Å². The van der Waals surface area contributed by atoms with Crippen LogP contribution >= 0.6 is 0 Å². The topological polar surface area (TPSA) is 100 Å². The minimum Gasteiger partial charge on any atom is -0.459 e. The largest absolute Gasteiger partial charge is 0.459 e. The summed E-state index contributed by atoms with van der Waals surface area (Å²) in [7, 11) is 0. The molecule has 0 aliphatic rings. The summed E-state index contributed by atoms with van der Waals surface area (Å²) in [6.07, 6.45) is 1.41. The van der Waals surface area contributed by atoms with Crippen LogP contribution < -0.4 is 16.0 Å². The van der Waals surface area contributed by atoms with Crippen molar-refractivity contribution in [2.45, 2.75) is 13.0 Å². The maximum Gasteiger partial charge on any atom is 0.291 e. The van der Waals surface area contributed by atoms with Gasteiger partial charge in [0.2, 0.25) is 5.91 Å². The normalized spacial score (nSPS) is 11.3. The van der Waals surface area contributed by atoms with E-state index in [9.17, 15) is 14.4 Å². The number of carbonyl (C=O) groups excluding carboxylic acids is 3. The zero-order valence-corrected chi connectivity index (χ0v) is 15.1. The summed E-state index contributed by atoms with van der Waals surface area (Å²) < 4.78 is 5.05. The molecule has 0 aliphatic carbocycles. The van der Waals surface area contributed by atoms with Crippen LogP contribution in [0.5, 0.6) is 0 Å². The van der Waals surface area contributed by atoms with E-state index >= 15 is 0 Å². The van der Waals surface area contributed by atoms with E-state index in [2.05, 4.69) is 16.0 Å². The van der Waals surface area contributed by atoms with Gasteiger partial charge >= 0.3 is 0 Å². The lowest BCUT2D eigenvalue weighted by Crippen LogP contribution is -2.41. The van der Waals surface area contributed by atoms with Crippen LogP contribution in [0.4, 0.5) is 11.4 Å². The molecule has 0 aliphatic heterocycles. The fourth-order valence-corrected chi connectivity index (χ4v) is 2.46. The van der Waals surface area contributed by atoms with Crippen molar-refractivity contribution in [2.24, 2.45) is 0 Å². The Morgan fingerprint density at radius 2 is 1.54 bits per heavy atom. The van der Waals surface area contributed by atoms with Crippen molar-refractivity contribution in [1.29, 1.82) is 0 Å². The lowest BCUT2D eigenvalue weighted by Gasteiger charge is -2.15. The average molecular weight is 377 g/mol. The number of nitrogens with one attached hydrogen (secondary N) is 3. The van der Waals surface area contributed by atoms with Crippen LogP contribution in [0, 0.1) is 0 Å². The first kappa shape index (κ1) is 18.9. The molecule has 0 bridgehead atoms. The molecule has 0 saturated heterocycles. The molecular formula is C21H19N3O4. The molecule has 1 aromatic heterocycles. The van der Waals surface area contributed by atoms with E-state index in [0.29, 0.717) is 16.9 Å². The maximum atomic E-state index is 12.4. The van der Waals surface area contributed by atoms with Gasteiger partial charge in [-0.15, -0.1) is 0 Å². The highest BCUT2D eigenvalue weighted by Crippen LogP contribution is 2.16. The van der Waals surface area contributed by atoms with E-state index < -0.39 is 11.9 Å². The van der Waals surface area contributed by atoms with Gasteiger partial charge in [-0.05, 0) is 49.4 Å². The zero-order chi connectivity index (χ0) is 19.9. The Morgan fingerprint density at radius 1 is 0.821 bits per heavy atom. The van der Waals surface area contributed by atoms with Gasteiger partial charge < -0.3 is 20.4 Å². The molecule has 1 atom stereocenters. The molecule has 1 unspecified atom stereocenters. The van der Waals surface area contributed by atoms with Crippen LogP contribution in [0.25, 0.3) is 0 Å². The first-order valence-electron chi connectivity index (χ1n) is 8.64. The van der Waals surface area contributed by atoms with Crippen molar-refractivity contribution < 1.29 is 18.8 Å². The third-order valence-corrected chi connectivity index (χ3v) is 3.91. The van der Waals surface area contributed by atoms with Crippen LogP contribution in [0.1, 0.15) is 27.8 Å². The Bertz CT molecular complexity index is 968. The first-order chi connectivity index (χ1) is 13.5. The predicted octanol–water partition coefficient (Wildman–Crippen LogP) is 3.29. The third-order valence-electron chi connectivity index (χ3n) is 3.91. The minimum absolute atomic E-state index is 0.187. The van der Waals surface area contributed by atoms with Crippen molar-refractivity contribution in [3.8, 4) is 0 Å². The summed E-state index contributed by atoms with van der Waals surface area (Å²) in [5, 5.41) is 8.05. The molecule has 3 rings (SSSR count). The summed E-state index contributed by atoms with van der Waals surface area (Å²) >= 11 is 0. The minimum atomic E-state index is -0.742. The van der Waals surface area contributed by atoms with Crippen LogP contribution in [-0.4, -0.2) is 23.8 Å². The van der Waals surface area contributed by atoms with Gasteiger partial charge in [0.15, 0.2) is 5.76 Å². The van der Waals surface area contributed by atoms with E-state index in [0.717, 1.165) is 0 Å². The van der Waals surface area contributed by atoms with Crippen LogP contribution in [0.2, 0.25) is 0 Å². The number of furan rings is 1. The number of anilines is 2. The number of rotatable bonds is 6. The number of carbonyl (C=O) groups is 3. The Kier molecular flexibility index (Phi) is 5.86. The number of hydrogen-bond donors (Lipinski definition) is 3. The second-order valence-corrected chi connectivity index (χ2v) is 6.06. The molecule has 3 amide bonds. The summed E-state index contributed by atoms with van der Waals surface area (Å²) in [4.78, 5) is 36.6. The third kappa shape index (κ3) is 4.85. The van der Waals surface area contributed by atoms with Crippen molar-refractivity contribution in [3.05, 3.63) is 84.3 Å². The first-order valence-corrected chi connectivity index (χ1v) is 8.64. The molecular weight excluding hydrogens is 358 g/mol. The predicted molar refractivity (Wildman–Crippen MR) is 105 cm³/mol. The second-order valence-electron chi connectivity index (χ2n) is 6.06. The van der Waals surface area contributed by atoms with Gasteiger partial charge in [-0.3, -0.25) is 14.4 Å². The molecule has 0 radical (unpaired) electrons. The van der Waals surface area contributed by atoms with Gasteiger partial charge in [-0.25, -0.2) is 0 Å². The van der Waals surface area contributed by atoms with Gasteiger partial charge in [0, 0.05) is 16.9 Å². The summed E-state index contributed by atoms with van der Waals surface area (Å²) in [6.45, 7) is 1.60. The Hall–Kier alpha value is -3.87. The van der Waals surface area contributed by atoms with Crippen LogP contribution in [0.15, 0.2) is 77.4 Å². The van der Waals surface area contributed by atoms with Crippen molar-refractivity contribution in [2.75, 3.05) is 10.6 Å². The highest BCUT2D eigenvalue weighted by molar-refractivity contribution is 6.03. The molecule has 7 nitrogen and oxygen atoms in total. The average Bonchev–Trinajstić information content (AvgIpc) is 3.24. The van der Waals surface area contributed by atoms with Crippen molar-refractivity contribution >= 4 is 29.1 Å². The molecule has 7 heteroatoms. The monoisotopic (exact) mass is 377 g/mol. The van der Waals surface area contributed by atoms with Gasteiger partial charge in [0.05, 0.1) is 6.26 Å². The number of amides is 3. The SMILES string of the molecule is CC(NC(=O)c1ccccc1)C(=O)Nc1cccc(NC(=O)c2ccco2)c1. The second kappa shape index (κ2) is 8.68. The molecule has 28 heavy (non-hydrogen) atoms. The highest BCUT2D eigenvalue weighted by atomic mass is 16.3. The fraction of sp³-hybridized carbons (Fsp3) is 0.0952. The van der Waals surface area contributed by atoms with Gasteiger partial charge in [0.1, 0.15) is 6.04 Å². The fourth-order valence-electron chi connectivity index (χ4n) is 2.46. The molecule has 0 fully saturated rings. The van der Waals surface area contributed by atoms with Crippen LogP contribution in [0.3, 0.4) is 0 Å². The van der Waals surface area contributed by atoms with E-state index in [-0.39, 0.29) is 17.6 Å². The Labute approximate surface area is 161 Å². The lowest BCUT2D eigenvalue weighted by atomic mass is 10.2. The van der Waals surface area contributed by atoms with Crippen LogP contribution in [-0.2, 0) is 4.79 Å².